The van der Waals surface area contributed by atoms with Gasteiger partial charge in [-0.2, -0.15) is 18.3 Å². The first kappa shape index (κ1) is 19.0. The Morgan fingerprint density at radius 1 is 1.24 bits per heavy atom. The van der Waals surface area contributed by atoms with Crippen molar-refractivity contribution in [3.8, 4) is 5.69 Å². The van der Waals surface area contributed by atoms with E-state index in [1.54, 1.807) is 0 Å². The predicted octanol–water partition coefficient (Wildman–Crippen LogP) is 2.67. The van der Waals surface area contributed by atoms with E-state index in [9.17, 15) is 26.4 Å². The minimum Gasteiger partial charge on any atom is -0.274 e. The van der Waals surface area contributed by atoms with E-state index < -0.39 is 27.8 Å². The largest absolute Gasteiger partial charge is 0.435 e. The van der Waals surface area contributed by atoms with Crippen LogP contribution in [0, 0.1) is 0 Å². The Labute approximate surface area is 142 Å². The van der Waals surface area contributed by atoms with Gasteiger partial charge in [0.2, 0.25) is 5.91 Å². The number of carbonyl (C=O) groups excluding carboxylic acids is 1. The Balaban J connectivity index is 2.43. The van der Waals surface area contributed by atoms with Crippen LogP contribution in [0.3, 0.4) is 0 Å². The molecule has 25 heavy (non-hydrogen) atoms. The molecule has 1 aromatic carbocycles. The molecule has 0 fully saturated rings. The van der Waals surface area contributed by atoms with Crippen molar-refractivity contribution >= 4 is 15.9 Å². The first-order chi connectivity index (χ1) is 11.5. The van der Waals surface area contributed by atoms with Crippen molar-refractivity contribution in [2.45, 2.75) is 37.8 Å². The second-order valence-electron chi connectivity index (χ2n) is 5.34. The minimum absolute atomic E-state index is 0.174. The average molecular weight is 375 g/mol. The Hall–Kier alpha value is -2.36. The van der Waals surface area contributed by atoms with Crippen LogP contribution < -0.4 is 4.72 Å². The molecule has 6 nitrogen and oxygen atoms in total. The van der Waals surface area contributed by atoms with Gasteiger partial charge in [0.05, 0.1) is 10.6 Å². The lowest BCUT2D eigenvalue weighted by atomic mass is 10.2. The molecule has 0 radical (unpaired) electrons. The summed E-state index contributed by atoms with van der Waals surface area (Å²) in [4.78, 5) is 10.7. The van der Waals surface area contributed by atoms with Crippen LogP contribution in [-0.2, 0) is 27.4 Å². The summed E-state index contributed by atoms with van der Waals surface area (Å²) >= 11 is 0. The zero-order valence-corrected chi connectivity index (χ0v) is 14.3. The van der Waals surface area contributed by atoms with E-state index in [-0.39, 0.29) is 4.90 Å². The second-order valence-corrected chi connectivity index (χ2v) is 7.02. The average Bonchev–Trinajstić information content (AvgIpc) is 2.91. The van der Waals surface area contributed by atoms with E-state index in [0.717, 1.165) is 17.7 Å². The molecule has 0 aliphatic heterocycles. The fraction of sp³-hybridized carbons (Fsp3) is 0.333. The number of amides is 1. The van der Waals surface area contributed by atoms with E-state index in [2.05, 4.69) is 5.10 Å². The lowest BCUT2D eigenvalue weighted by molar-refractivity contribution is -0.141. The van der Waals surface area contributed by atoms with Crippen LogP contribution in [0.25, 0.3) is 5.69 Å². The van der Waals surface area contributed by atoms with Gasteiger partial charge >= 0.3 is 6.18 Å². The van der Waals surface area contributed by atoms with Gasteiger partial charge in [-0.05, 0) is 36.8 Å². The van der Waals surface area contributed by atoms with Crippen LogP contribution in [0.15, 0.2) is 35.2 Å². The Morgan fingerprint density at radius 3 is 2.32 bits per heavy atom. The smallest absolute Gasteiger partial charge is 0.274 e. The summed E-state index contributed by atoms with van der Waals surface area (Å²) in [7, 11) is -4.01. The molecule has 136 valence electrons. The molecule has 0 saturated heterocycles. The third kappa shape index (κ3) is 4.38. The third-order valence-corrected chi connectivity index (χ3v) is 4.70. The Kier molecular flexibility index (Phi) is 5.21. The summed E-state index contributed by atoms with van der Waals surface area (Å²) in [5.74, 6) is -0.740. The highest BCUT2D eigenvalue weighted by molar-refractivity contribution is 7.90. The molecular weight excluding hydrogens is 359 g/mol. The van der Waals surface area contributed by atoms with Gasteiger partial charge in [-0.15, -0.1) is 0 Å². The number of aryl methyl sites for hydroxylation is 1. The summed E-state index contributed by atoms with van der Waals surface area (Å²) in [5.41, 5.74) is -0.348. The molecule has 0 bridgehead atoms. The number of sulfonamides is 1. The summed E-state index contributed by atoms with van der Waals surface area (Å²) < 4.78 is 65.4. The number of alkyl halides is 3. The monoisotopic (exact) mass is 375 g/mol. The van der Waals surface area contributed by atoms with Crippen molar-refractivity contribution in [1.29, 1.82) is 0 Å². The van der Waals surface area contributed by atoms with E-state index >= 15 is 0 Å². The Bertz CT molecular complexity index is 872. The van der Waals surface area contributed by atoms with Crippen LogP contribution in [0.1, 0.15) is 31.7 Å². The van der Waals surface area contributed by atoms with Gasteiger partial charge in [-0.1, -0.05) is 13.3 Å². The first-order valence-electron chi connectivity index (χ1n) is 7.34. The summed E-state index contributed by atoms with van der Waals surface area (Å²) in [5, 5.41) is 3.58. The molecule has 1 N–H and O–H groups in total. The Morgan fingerprint density at radius 2 is 1.84 bits per heavy atom. The number of nitrogens with one attached hydrogen (secondary N) is 1. The second kappa shape index (κ2) is 6.87. The normalized spacial score (nSPS) is 12.2. The lowest BCUT2D eigenvalue weighted by Gasteiger charge is -2.09. The predicted molar refractivity (Wildman–Crippen MR) is 83.6 cm³/mol. The molecule has 0 saturated carbocycles. The maximum atomic E-state index is 12.9. The highest BCUT2D eigenvalue weighted by Gasteiger charge is 2.35. The van der Waals surface area contributed by atoms with Crippen molar-refractivity contribution in [3.63, 3.8) is 0 Å². The number of aromatic nitrogens is 2. The maximum Gasteiger partial charge on any atom is 0.435 e. The number of carbonyl (C=O) groups is 1. The van der Waals surface area contributed by atoms with Gasteiger partial charge in [-0.25, -0.2) is 17.8 Å². The van der Waals surface area contributed by atoms with Crippen LogP contribution in [0.2, 0.25) is 0 Å². The van der Waals surface area contributed by atoms with Gasteiger partial charge in [0.25, 0.3) is 10.0 Å². The van der Waals surface area contributed by atoms with Crippen LogP contribution in [-0.4, -0.2) is 24.1 Å². The SMILES string of the molecule is CCCc1cc(C(F)(F)F)nn1-c1ccc(S(=O)(=O)NC(C)=O)cc1. The molecule has 2 rings (SSSR count). The highest BCUT2D eigenvalue weighted by Crippen LogP contribution is 2.30. The molecule has 1 aromatic heterocycles. The highest BCUT2D eigenvalue weighted by atomic mass is 32.2. The zero-order chi connectivity index (χ0) is 18.8. The number of halogens is 3. The standard InChI is InChI=1S/C15H16F3N3O3S/c1-3-4-12-9-14(15(16,17)18)19-21(12)11-5-7-13(8-6-11)25(23,24)20-10(2)22/h5-9H,3-4H2,1-2H3,(H,20,22). The molecular formula is C15H16F3N3O3S. The van der Waals surface area contributed by atoms with E-state index in [0.29, 0.717) is 24.2 Å². The van der Waals surface area contributed by atoms with Crippen LogP contribution >= 0.6 is 0 Å². The lowest BCUT2D eigenvalue weighted by Crippen LogP contribution is -2.28. The zero-order valence-electron chi connectivity index (χ0n) is 13.5. The van der Waals surface area contributed by atoms with Crippen molar-refractivity contribution < 1.29 is 26.4 Å². The van der Waals surface area contributed by atoms with Crippen molar-refractivity contribution in [1.82, 2.24) is 14.5 Å². The molecule has 0 spiro atoms. The van der Waals surface area contributed by atoms with Gasteiger partial charge in [-0.3, -0.25) is 4.79 Å². The van der Waals surface area contributed by atoms with E-state index in [1.807, 2.05) is 11.6 Å². The fourth-order valence-corrected chi connectivity index (χ4v) is 3.22. The molecule has 0 aliphatic rings. The molecule has 2 aromatic rings. The summed E-state index contributed by atoms with van der Waals surface area (Å²) in [6.07, 6.45) is -3.56. The van der Waals surface area contributed by atoms with Gasteiger partial charge in [0.15, 0.2) is 5.69 Å². The number of nitrogens with zero attached hydrogens (tertiary/aromatic N) is 2. The molecule has 0 unspecified atom stereocenters. The van der Waals surface area contributed by atoms with Crippen molar-refractivity contribution in [2.24, 2.45) is 0 Å². The number of hydrogen-bond acceptors (Lipinski definition) is 4. The molecule has 0 atom stereocenters. The van der Waals surface area contributed by atoms with Crippen molar-refractivity contribution in [3.05, 3.63) is 41.7 Å². The van der Waals surface area contributed by atoms with Gasteiger partial charge in [0.1, 0.15) is 0 Å². The fourth-order valence-electron chi connectivity index (χ4n) is 2.23. The molecule has 10 heteroatoms. The van der Waals surface area contributed by atoms with E-state index in [4.69, 9.17) is 0 Å². The van der Waals surface area contributed by atoms with Crippen LogP contribution in [0.5, 0.6) is 0 Å². The van der Waals surface area contributed by atoms with Crippen molar-refractivity contribution in [2.75, 3.05) is 0 Å². The number of benzene rings is 1. The number of rotatable bonds is 5. The molecule has 0 aliphatic carbocycles. The molecule has 1 amide bonds. The van der Waals surface area contributed by atoms with Crippen LogP contribution in [0.4, 0.5) is 13.2 Å². The first-order valence-corrected chi connectivity index (χ1v) is 8.83. The minimum atomic E-state index is -4.57. The summed E-state index contributed by atoms with van der Waals surface area (Å²) in [6, 6.07) is 6.05. The molecule has 1 heterocycles. The quantitative estimate of drug-likeness (QED) is 0.871. The summed E-state index contributed by atoms with van der Waals surface area (Å²) in [6.45, 7) is 2.89. The third-order valence-electron chi connectivity index (χ3n) is 3.25. The number of hydrogen-bond donors (Lipinski definition) is 1. The topological polar surface area (TPSA) is 81.1 Å². The maximum absolute atomic E-state index is 12.9. The van der Waals surface area contributed by atoms with E-state index in [1.165, 1.54) is 24.3 Å². The van der Waals surface area contributed by atoms with Gasteiger partial charge in [0, 0.05) is 12.6 Å². The van der Waals surface area contributed by atoms with Gasteiger partial charge < -0.3 is 0 Å².